The van der Waals surface area contributed by atoms with Crippen LogP contribution in [0.15, 0.2) is 59.5 Å². The van der Waals surface area contributed by atoms with Gasteiger partial charge in [0.25, 0.3) is 11.5 Å². The van der Waals surface area contributed by atoms with Crippen molar-refractivity contribution in [2.75, 3.05) is 0 Å². The predicted octanol–water partition coefficient (Wildman–Crippen LogP) is 5.79. The van der Waals surface area contributed by atoms with Crippen LogP contribution < -0.4 is 10.9 Å². The number of fused-ring (bicyclic) bond motifs is 2. The maximum Gasteiger partial charge on any atom is 0.284 e. The van der Waals surface area contributed by atoms with E-state index in [0.717, 1.165) is 12.0 Å². The van der Waals surface area contributed by atoms with Crippen LogP contribution in [-0.2, 0) is 6.54 Å². The third-order valence-electron chi connectivity index (χ3n) is 8.20. The summed E-state index contributed by atoms with van der Waals surface area (Å²) in [5.74, 6) is 1.31. The van der Waals surface area contributed by atoms with E-state index in [-0.39, 0.29) is 23.1 Å². The molecule has 7 heteroatoms. The molecular formula is C27H29Cl2N3O2. The molecule has 1 N–H and O–H groups in total. The van der Waals surface area contributed by atoms with Crippen LogP contribution in [0, 0.1) is 23.2 Å². The highest BCUT2D eigenvalue weighted by atomic mass is 35.5. The summed E-state index contributed by atoms with van der Waals surface area (Å²) in [5, 5.41) is 4.42. The van der Waals surface area contributed by atoms with Gasteiger partial charge in [-0.15, -0.1) is 0 Å². The van der Waals surface area contributed by atoms with E-state index >= 15 is 0 Å². The number of nitrogens with zero attached hydrogens (tertiary/aromatic N) is 2. The van der Waals surface area contributed by atoms with Crippen molar-refractivity contribution in [2.45, 2.75) is 46.2 Å². The van der Waals surface area contributed by atoms with Gasteiger partial charge in [-0.1, -0.05) is 56.1 Å². The monoisotopic (exact) mass is 497 g/mol. The number of aromatic nitrogens is 2. The molecule has 178 valence electrons. The van der Waals surface area contributed by atoms with Crippen LogP contribution in [0.25, 0.3) is 5.69 Å². The molecule has 0 aliphatic heterocycles. The normalized spacial score (nSPS) is 25.0. The number of nitrogens with one attached hydrogen (secondary N) is 1. The van der Waals surface area contributed by atoms with Crippen molar-refractivity contribution in [1.29, 1.82) is 0 Å². The zero-order valence-electron chi connectivity index (χ0n) is 19.6. The highest BCUT2D eigenvalue weighted by Gasteiger charge is 2.56. The van der Waals surface area contributed by atoms with E-state index in [1.165, 1.54) is 11.1 Å². The summed E-state index contributed by atoms with van der Waals surface area (Å²) >= 11 is 12.1. The molecule has 1 amide bonds. The first-order chi connectivity index (χ1) is 16.1. The highest BCUT2D eigenvalue weighted by Crippen LogP contribution is 2.61. The van der Waals surface area contributed by atoms with E-state index in [2.05, 4.69) is 26.1 Å². The number of hydrogen-bond donors (Lipinski definition) is 1. The van der Waals surface area contributed by atoms with Crippen LogP contribution in [-0.4, -0.2) is 21.3 Å². The Morgan fingerprint density at radius 1 is 1.03 bits per heavy atom. The summed E-state index contributed by atoms with van der Waals surface area (Å²) in [6, 6.07) is 14.6. The van der Waals surface area contributed by atoms with Gasteiger partial charge in [-0.25, -0.2) is 4.68 Å². The van der Waals surface area contributed by atoms with Crippen molar-refractivity contribution in [2.24, 2.45) is 23.2 Å². The summed E-state index contributed by atoms with van der Waals surface area (Å²) in [6.07, 6.45) is 3.85. The minimum Gasteiger partial charge on any atom is -0.349 e. The molecule has 0 spiro atoms. The summed E-state index contributed by atoms with van der Waals surface area (Å²) in [5.41, 5.74) is 1.76. The molecule has 3 saturated carbocycles. The summed E-state index contributed by atoms with van der Waals surface area (Å²) < 4.78 is 3.30. The third kappa shape index (κ3) is 3.99. The van der Waals surface area contributed by atoms with Crippen LogP contribution >= 0.6 is 23.2 Å². The Bertz CT molecular complexity index is 1270. The number of rotatable bonds is 5. The largest absolute Gasteiger partial charge is 0.349 e. The van der Waals surface area contributed by atoms with Crippen LogP contribution in [0.5, 0.6) is 0 Å². The standard InChI is InChI=1S/C27H29Cl2N3O2/c1-16-23-12-18(27(23,2)3)13-24(16)30-25(33)22-15-31(14-17-4-6-19(28)7-5-17)32(26(22)34)21-10-8-20(29)9-11-21/h4-11,15-16,18,23-24H,12-14H2,1-3H3,(H,30,33)/t16-,18?,23-,24?/m1/s1. The van der Waals surface area contributed by atoms with Crippen molar-refractivity contribution in [3.05, 3.63) is 86.3 Å². The molecule has 2 bridgehead atoms. The number of benzene rings is 2. The summed E-state index contributed by atoms with van der Waals surface area (Å²) in [7, 11) is 0. The van der Waals surface area contributed by atoms with E-state index in [1.54, 1.807) is 35.1 Å². The first kappa shape index (κ1) is 23.3. The van der Waals surface area contributed by atoms with Gasteiger partial charge >= 0.3 is 0 Å². The second-order valence-corrected chi connectivity index (χ2v) is 11.3. The predicted molar refractivity (Wildman–Crippen MR) is 136 cm³/mol. The highest BCUT2D eigenvalue weighted by molar-refractivity contribution is 6.30. The van der Waals surface area contributed by atoms with Crippen molar-refractivity contribution < 1.29 is 4.79 Å². The number of halogens is 2. The molecule has 2 unspecified atom stereocenters. The lowest BCUT2D eigenvalue weighted by atomic mass is 9.45. The van der Waals surface area contributed by atoms with E-state index in [0.29, 0.717) is 45.4 Å². The van der Waals surface area contributed by atoms with Gasteiger partial charge in [0, 0.05) is 22.3 Å². The quantitative estimate of drug-likeness (QED) is 0.484. The Labute approximate surface area is 209 Å². The van der Waals surface area contributed by atoms with Gasteiger partial charge in [0.1, 0.15) is 5.56 Å². The number of carbonyl (C=O) groups excluding carboxylic acids is 1. The van der Waals surface area contributed by atoms with Crippen LogP contribution in [0.2, 0.25) is 10.0 Å². The molecule has 3 aromatic rings. The fourth-order valence-corrected chi connectivity index (χ4v) is 6.23. The second kappa shape index (κ2) is 8.62. The van der Waals surface area contributed by atoms with Gasteiger partial charge in [-0.2, -0.15) is 0 Å². The molecule has 4 atom stereocenters. The van der Waals surface area contributed by atoms with Crippen LogP contribution in [0.1, 0.15) is 49.5 Å². The number of carbonyl (C=O) groups is 1. The van der Waals surface area contributed by atoms with Gasteiger partial charge in [-0.3, -0.25) is 14.3 Å². The Morgan fingerprint density at radius 2 is 1.65 bits per heavy atom. The summed E-state index contributed by atoms with van der Waals surface area (Å²) in [6.45, 7) is 7.31. The van der Waals surface area contributed by atoms with Gasteiger partial charge in [0.2, 0.25) is 0 Å². The van der Waals surface area contributed by atoms with Gasteiger partial charge in [0.15, 0.2) is 0 Å². The fraction of sp³-hybridized carbons (Fsp3) is 0.407. The molecule has 3 aliphatic rings. The van der Waals surface area contributed by atoms with Gasteiger partial charge in [-0.05, 0) is 78.0 Å². The van der Waals surface area contributed by atoms with Gasteiger partial charge in [0.05, 0.1) is 12.2 Å². The lowest BCUT2D eigenvalue weighted by Crippen LogP contribution is -2.60. The first-order valence-electron chi connectivity index (χ1n) is 11.8. The molecule has 34 heavy (non-hydrogen) atoms. The molecule has 3 fully saturated rings. The molecule has 0 radical (unpaired) electrons. The Kier molecular flexibility index (Phi) is 5.89. The van der Waals surface area contributed by atoms with Crippen molar-refractivity contribution in [3.8, 4) is 5.69 Å². The van der Waals surface area contributed by atoms with E-state index in [9.17, 15) is 9.59 Å². The average molecular weight is 498 g/mol. The van der Waals surface area contributed by atoms with Crippen LogP contribution in [0.3, 0.4) is 0 Å². The summed E-state index contributed by atoms with van der Waals surface area (Å²) in [4.78, 5) is 26.8. The minimum atomic E-state index is -0.345. The van der Waals surface area contributed by atoms with Crippen LogP contribution in [0.4, 0.5) is 0 Å². The maximum absolute atomic E-state index is 13.5. The van der Waals surface area contributed by atoms with Crippen molar-refractivity contribution in [1.82, 2.24) is 14.7 Å². The Hall–Kier alpha value is -2.50. The van der Waals surface area contributed by atoms with Crippen molar-refractivity contribution >= 4 is 29.1 Å². The van der Waals surface area contributed by atoms with E-state index < -0.39 is 0 Å². The number of amides is 1. The molecule has 1 heterocycles. The first-order valence-corrected chi connectivity index (χ1v) is 12.5. The average Bonchev–Trinajstić information content (AvgIpc) is 3.12. The lowest BCUT2D eigenvalue weighted by Gasteiger charge is -2.62. The zero-order chi connectivity index (χ0) is 24.2. The molecule has 1 aromatic heterocycles. The molecule has 2 aromatic carbocycles. The maximum atomic E-state index is 13.5. The Balaban J connectivity index is 1.46. The van der Waals surface area contributed by atoms with E-state index in [4.69, 9.17) is 23.2 Å². The molecule has 6 rings (SSSR count). The lowest BCUT2D eigenvalue weighted by molar-refractivity contribution is -0.113. The van der Waals surface area contributed by atoms with Crippen molar-refractivity contribution in [3.63, 3.8) is 0 Å². The Morgan fingerprint density at radius 3 is 2.24 bits per heavy atom. The topological polar surface area (TPSA) is 56.0 Å². The van der Waals surface area contributed by atoms with E-state index in [1.807, 2.05) is 24.3 Å². The SMILES string of the molecule is C[C@H]1C(NC(=O)c2cn(Cc3ccc(Cl)cc3)n(-c3ccc(Cl)cc3)c2=O)CC2C[C@H]1C2(C)C. The zero-order valence-corrected chi connectivity index (χ0v) is 21.1. The molecule has 5 nitrogen and oxygen atoms in total. The number of hydrogen-bond acceptors (Lipinski definition) is 2. The molecule has 0 saturated heterocycles. The molecular weight excluding hydrogens is 469 g/mol. The molecule has 3 aliphatic carbocycles. The van der Waals surface area contributed by atoms with Gasteiger partial charge < -0.3 is 5.32 Å². The fourth-order valence-electron chi connectivity index (χ4n) is 5.98. The third-order valence-corrected chi connectivity index (χ3v) is 8.71. The minimum absolute atomic E-state index is 0.0901. The smallest absolute Gasteiger partial charge is 0.284 e. The second-order valence-electron chi connectivity index (χ2n) is 10.4.